The molecule has 3 N–H and O–H groups in total. The van der Waals surface area contributed by atoms with E-state index in [4.69, 9.17) is 0 Å². The van der Waals surface area contributed by atoms with Crippen molar-refractivity contribution in [1.29, 1.82) is 0 Å². The third kappa shape index (κ3) is 4.54. The molecule has 0 radical (unpaired) electrons. The van der Waals surface area contributed by atoms with Gasteiger partial charge in [0.05, 0.1) is 5.92 Å². The lowest BCUT2D eigenvalue weighted by Crippen LogP contribution is -2.35. The molecule has 0 saturated heterocycles. The highest BCUT2D eigenvalue weighted by Gasteiger charge is 2.29. The van der Waals surface area contributed by atoms with Gasteiger partial charge in [0.2, 0.25) is 5.82 Å². The fourth-order valence-electron chi connectivity index (χ4n) is 2.20. The molecule has 1 aromatic heterocycles. The average molecular weight is 294 g/mol. The molecule has 1 saturated carbocycles. The number of hydrogen-bond acceptors (Lipinski definition) is 4. The van der Waals surface area contributed by atoms with Crippen molar-refractivity contribution in [3.05, 3.63) is 11.6 Å². The van der Waals surface area contributed by atoms with Crippen LogP contribution in [-0.4, -0.2) is 38.7 Å². The molecule has 21 heavy (non-hydrogen) atoms. The van der Waals surface area contributed by atoms with Crippen LogP contribution >= 0.6 is 0 Å². The molecule has 1 aromatic rings. The minimum absolute atomic E-state index is 0.0804. The highest BCUT2D eigenvalue weighted by atomic mass is 16.4. The summed E-state index contributed by atoms with van der Waals surface area (Å²) in [5.74, 6) is -0.735. The number of amides is 1. The maximum Gasteiger partial charge on any atom is 0.308 e. The number of carboxylic acids is 1. The molecule has 0 aliphatic heterocycles. The van der Waals surface area contributed by atoms with Gasteiger partial charge in [-0.3, -0.25) is 14.7 Å². The Morgan fingerprint density at radius 3 is 2.62 bits per heavy atom. The second-order valence-electron chi connectivity index (χ2n) is 6.83. The summed E-state index contributed by atoms with van der Waals surface area (Å²) in [6, 6.07) is 0. The van der Waals surface area contributed by atoms with Gasteiger partial charge in [0, 0.05) is 12.5 Å². The van der Waals surface area contributed by atoms with Crippen molar-refractivity contribution in [2.75, 3.05) is 6.54 Å². The number of hydrogen-bond donors (Lipinski definition) is 3. The maximum atomic E-state index is 11.9. The van der Waals surface area contributed by atoms with Crippen LogP contribution in [0.4, 0.5) is 0 Å². The van der Waals surface area contributed by atoms with Crippen LogP contribution in [0.5, 0.6) is 0 Å². The monoisotopic (exact) mass is 294 g/mol. The van der Waals surface area contributed by atoms with Crippen LogP contribution in [-0.2, 0) is 4.79 Å². The SMILES string of the molecule is CC(C)(C)CC(CNC(=O)c1n[nH]c(C2CC2)n1)C(=O)O. The van der Waals surface area contributed by atoms with Crippen LogP contribution in [0.2, 0.25) is 0 Å². The average Bonchev–Trinajstić information content (AvgIpc) is 3.10. The number of H-pyrrole nitrogens is 1. The molecule has 1 aliphatic rings. The number of aliphatic carboxylic acids is 1. The van der Waals surface area contributed by atoms with Gasteiger partial charge >= 0.3 is 5.97 Å². The second kappa shape index (κ2) is 5.83. The van der Waals surface area contributed by atoms with Gasteiger partial charge in [-0.15, -0.1) is 5.10 Å². The summed E-state index contributed by atoms with van der Waals surface area (Å²) in [6.07, 6.45) is 2.63. The first-order valence-corrected chi connectivity index (χ1v) is 7.19. The van der Waals surface area contributed by atoms with Gasteiger partial charge in [-0.05, 0) is 24.7 Å². The maximum absolute atomic E-state index is 11.9. The van der Waals surface area contributed by atoms with Crippen molar-refractivity contribution in [3.63, 3.8) is 0 Å². The Morgan fingerprint density at radius 1 is 1.43 bits per heavy atom. The van der Waals surface area contributed by atoms with Gasteiger partial charge in [-0.2, -0.15) is 0 Å². The molecule has 0 aromatic carbocycles. The van der Waals surface area contributed by atoms with Gasteiger partial charge < -0.3 is 10.4 Å². The Labute approximate surface area is 123 Å². The molecule has 7 nitrogen and oxygen atoms in total. The predicted molar refractivity (Wildman–Crippen MR) is 75.9 cm³/mol. The van der Waals surface area contributed by atoms with E-state index in [1.165, 1.54) is 0 Å². The number of aromatic nitrogens is 3. The van der Waals surface area contributed by atoms with E-state index in [0.717, 1.165) is 18.7 Å². The fourth-order valence-corrected chi connectivity index (χ4v) is 2.20. The van der Waals surface area contributed by atoms with E-state index in [1.54, 1.807) is 0 Å². The number of aromatic amines is 1. The highest BCUT2D eigenvalue weighted by molar-refractivity contribution is 5.90. The molecule has 1 atom stereocenters. The van der Waals surface area contributed by atoms with E-state index in [0.29, 0.717) is 12.3 Å². The zero-order valence-corrected chi connectivity index (χ0v) is 12.6. The van der Waals surface area contributed by atoms with Crippen molar-refractivity contribution in [2.45, 2.75) is 46.0 Å². The molecule has 1 fully saturated rings. The summed E-state index contributed by atoms with van der Waals surface area (Å²) >= 11 is 0. The molecule has 7 heteroatoms. The van der Waals surface area contributed by atoms with Crippen LogP contribution < -0.4 is 5.32 Å². The van der Waals surface area contributed by atoms with Crippen LogP contribution in [0, 0.1) is 11.3 Å². The Balaban J connectivity index is 1.89. The van der Waals surface area contributed by atoms with Gasteiger partial charge in [0.1, 0.15) is 5.82 Å². The molecule has 1 heterocycles. The number of nitrogens with one attached hydrogen (secondary N) is 2. The molecule has 0 bridgehead atoms. The van der Waals surface area contributed by atoms with Crippen molar-refractivity contribution >= 4 is 11.9 Å². The van der Waals surface area contributed by atoms with E-state index in [2.05, 4.69) is 20.5 Å². The van der Waals surface area contributed by atoms with E-state index in [1.807, 2.05) is 20.8 Å². The van der Waals surface area contributed by atoms with Crippen LogP contribution in [0.3, 0.4) is 0 Å². The lowest BCUT2D eigenvalue weighted by Gasteiger charge is -2.23. The Kier molecular flexibility index (Phi) is 4.29. The fraction of sp³-hybridized carbons (Fsp3) is 0.714. The van der Waals surface area contributed by atoms with Crippen LogP contribution in [0.1, 0.15) is 62.4 Å². The zero-order valence-electron chi connectivity index (χ0n) is 12.6. The number of nitrogens with zero attached hydrogens (tertiary/aromatic N) is 2. The first-order chi connectivity index (χ1) is 9.76. The summed E-state index contributed by atoms with van der Waals surface area (Å²) in [5, 5.41) is 18.5. The standard InChI is InChI=1S/C14H22N4O3/c1-14(2,3)6-9(13(20)21)7-15-12(19)11-16-10(17-18-11)8-4-5-8/h8-9H,4-7H2,1-3H3,(H,15,19)(H,20,21)(H,16,17,18). The summed E-state index contributed by atoms with van der Waals surface area (Å²) in [5.41, 5.74) is -0.114. The number of carbonyl (C=O) groups is 2. The predicted octanol–water partition coefficient (Wildman–Crippen LogP) is 1.55. The molecule has 1 amide bonds. The highest BCUT2D eigenvalue weighted by Crippen LogP contribution is 2.37. The van der Waals surface area contributed by atoms with Gasteiger partial charge in [-0.1, -0.05) is 20.8 Å². The largest absolute Gasteiger partial charge is 0.481 e. The lowest BCUT2D eigenvalue weighted by molar-refractivity contribution is -0.142. The van der Waals surface area contributed by atoms with Crippen LogP contribution in [0.25, 0.3) is 0 Å². The summed E-state index contributed by atoms with van der Waals surface area (Å²) in [4.78, 5) is 27.3. The molecular weight excluding hydrogens is 272 g/mol. The normalized spacial score (nSPS) is 16.5. The first kappa shape index (κ1) is 15.5. The molecular formula is C14H22N4O3. The quantitative estimate of drug-likeness (QED) is 0.737. The topological polar surface area (TPSA) is 108 Å². The van der Waals surface area contributed by atoms with Crippen molar-refractivity contribution in [3.8, 4) is 0 Å². The van der Waals surface area contributed by atoms with E-state index >= 15 is 0 Å². The van der Waals surface area contributed by atoms with Crippen molar-refractivity contribution in [2.24, 2.45) is 11.3 Å². The number of rotatable bonds is 6. The van der Waals surface area contributed by atoms with Crippen molar-refractivity contribution in [1.82, 2.24) is 20.5 Å². The number of carboxylic acid groups (broad SMARTS) is 1. The third-order valence-electron chi connectivity index (χ3n) is 3.39. The minimum atomic E-state index is -0.904. The lowest BCUT2D eigenvalue weighted by atomic mass is 9.84. The summed E-state index contributed by atoms with van der Waals surface area (Å²) < 4.78 is 0. The molecule has 1 unspecified atom stereocenters. The Bertz CT molecular complexity index is 529. The molecule has 116 valence electrons. The van der Waals surface area contributed by atoms with Crippen molar-refractivity contribution < 1.29 is 14.7 Å². The van der Waals surface area contributed by atoms with Gasteiger partial charge in [0.15, 0.2) is 0 Å². The Morgan fingerprint density at radius 2 is 2.10 bits per heavy atom. The molecule has 1 aliphatic carbocycles. The minimum Gasteiger partial charge on any atom is -0.481 e. The van der Waals surface area contributed by atoms with E-state index in [-0.39, 0.29) is 17.8 Å². The number of carbonyl (C=O) groups excluding carboxylic acids is 1. The second-order valence-corrected chi connectivity index (χ2v) is 6.83. The third-order valence-corrected chi connectivity index (χ3v) is 3.39. The first-order valence-electron chi connectivity index (χ1n) is 7.19. The Hall–Kier alpha value is -1.92. The van der Waals surface area contributed by atoms with E-state index < -0.39 is 17.8 Å². The van der Waals surface area contributed by atoms with Gasteiger partial charge in [-0.25, -0.2) is 4.98 Å². The molecule has 0 spiro atoms. The smallest absolute Gasteiger partial charge is 0.308 e. The molecule has 2 rings (SSSR count). The summed E-state index contributed by atoms with van der Waals surface area (Å²) in [7, 11) is 0. The zero-order chi connectivity index (χ0) is 15.6. The van der Waals surface area contributed by atoms with E-state index in [9.17, 15) is 14.7 Å². The van der Waals surface area contributed by atoms with Crippen LogP contribution in [0.15, 0.2) is 0 Å². The van der Waals surface area contributed by atoms with Gasteiger partial charge in [0.25, 0.3) is 5.91 Å². The summed E-state index contributed by atoms with van der Waals surface area (Å²) in [6.45, 7) is 6.00.